The molecule has 0 aliphatic carbocycles. The van der Waals surface area contributed by atoms with Crippen molar-refractivity contribution in [3.05, 3.63) is 0 Å². The van der Waals surface area contributed by atoms with Crippen molar-refractivity contribution in [2.45, 2.75) is 39.3 Å². The first-order valence-electron chi connectivity index (χ1n) is 4.53. The normalized spacial score (nSPS) is 31.1. The monoisotopic (exact) mass is 157 g/mol. The van der Waals surface area contributed by atoms with Gasteiger partial charge in [0.15, 0.2) is 0 Å². The lowest BCUT2D eigenvalue weighted by Gasteiger charge is -2.45. The highest BCUT2D eigenvalue weighted by molar-refractivity contribution is 4.85. The molecule has 1 heterocycles. The zero-order valence-corrected chi connectivity index (χ0v) is 7.75. The van der Waals surface area contributed by atoms with E-state index in [4.69, 9.17) is 5.11 Å². The summed E-state index contributed by atoms with van der Waals surface area (Å²) in [6.45, 7) is 8.09. The molecule has 1 aliphatic heterocycles. The lowest BCUT2D eigenvalue weighted by Crippen LogP contribution is -2.53. The van der Waals surface area contributed by atoms with E-state index >= 15 is 0 Å². The highest BCUT2D eigenvalue weighted by Crippen LogP contribution is 2.23. The highest BCUT2D eigenvalue weighted by Gasteiger charge is 2.30. The van der Waals surface area contributed by atoms with Gasteiger partial charge in [0.05, 0.1) is 0 Å². The summed E-state index contributed by atoms with van der Waals surface area (Å²) in [5.41, 5.74) is 0. The molecule has 0 spiro atoms. The number of hydrogen-bond donors (Lipinski definition) is 1. The third-order valence-electron chi connectivity index (χ3n) is 3.01. The van der Waals surface area contributed by atoms with E-state index in [-0.39, 0.29) is 0 Å². The Kier molecular flexibility index (Phi) is 2.90. The number of nitrogens with zero attached hydrogens (tertiary/aromatic N) is 1. The molecule has 66 valence electrons. The van der Waals surface area contributed by atoms with E-state index in [0.717, 1.165) is 6.04 Å². The van der Waals surface area contributed by atoms with Gasteiger partial charge in [0.2, 0.25) is 0 Å². The van der Waals surface area contributed by atoms with Crippen LogP contribution in [-0.2, 0) is 0 Å². The molecule has 0 saturated carbocycles. The molecule has 1 N–H and O–H groups in total. The molecule has 0 aromatic rings. The largest absolute Gasteiger partial charge is 0.396 e. The summed E-state index contributed by atoms with van der Waals surface area (Å²) in [6.07, 6.45) is 1.32. The van der Waals surface area contributed by atoms with Gasteiger partial charge in [0.25, 0.3) is 0 Å². The van der Waals surface area contributed by atoms with Crippen molar-refractivity contribution in [2.24, 2.45) is 5.92 Å². The Morgan fingerprint density at radius 2 is 2.18 bits per heavy atom. The van der Waals surface area contributed by atoms with Crippen molar-refractivity contribution in [1.29, 1.82) is 0 Å². The van der Waals surface area contributed by atoms with Gasteiger partial charge in [-0.25, -0.2) is 0 Å². The van der Waals surface area contributed by atoms with Crippen LogP contribution in [0.2, 0.25) is 0 Å². The van der Waals surface area contributed by atoms with Crippen LogP contribution in [0.5, 0.6) is 0 Å². The molecule has 0 aromatic heterocycles. The smallest absolute Gasteiger partial charge is 0.0471 e. The first-order chi connectivity index (χ1) is 5.16. The Balaban J connectivity index is 2.34. The van der Waals surface area contributed by atoms with E-state index in [0.29, 0.717) is 18.6 Å². The molecular formula is C9H19NO. The minimum Gasteiger partial charge on any atom is -0.396 e. The van der Waals surface area contributed by atoms with Gasteiger partial charge in [-0.3, -0.25) is 4.90 Å². The molecule has 1 saturated heterocycles. The second-order valence-electron chi connectivity index (χ2n) is 3.78. The third kappa shape index (κ3) is 1.74. The molecular weight excluding hydrogens is 138 g/mol. The Hall–Kier alpha value is -0.0800. The zero-order chi connectivity index (χ0) is 8.43. The summed E-state index contributed by atoms with van der Waals surface area (Å²) in [5, 5.41) is 8.93. The van der Waals surface area contributed by atoms with Crippen molar-refractivity contribution in [3.8, 4) is 0 Å². The SMILES string of the molecule is CC(CO)C(C)N1CCC1C. The standard InChI is InChI=1S/C9H19NO/c1-7(6-11)9(3)10-5-4-8(10)2/h7-9,11H,4-6H2,1-3H3. The van der Waals surface area contributed by atoms with Crippen LogP contribution in [0.25, 0.3) is 0 Å². The molecule has 1 fully saturated rings. The number of rotatable bonds is 3. The summed E-state index contributed by atoms with van der Waals surface area (Å²) in [5.74, 6) is 0.415. The van der Waals surface area contributed by atoms with Gasteiger partial charge in [-0.2, -0.15) is 0 Å². The van der Waals surface area contributed by atoms with Gasteiger partial charge in [0, 0.05) is 25.2 Å². The molecule has 3 unspecified atom stereocenters. The van der Waals surface area contributed by atoms with Crippen molar-refractivity contribution in [1.82, 2.24) is 4.90 Å². The minimum atomic E-state index is 0.310. The number of aliphatic hydroxyl groups is 1. The maximum Gasteiger partial charge on any atom is 0.0471 e. The fourth-order valence-electron chi connectivity index (χ4n) is 1.62. The summed E-state index contributed by atoms with van der Waals surface area (Å²) in [6, 6.07) is 1.28. The number of hydrogen-bond acceptors (Lipinski definition) is 2. The van der Waals surface area contributed by atoms with Crippen molar-refractivity contribution < 1.29 is 5.11 Å². The predicted octanol–water partition coefficient (Wildman–Crippen LogP) is 1.10. The van der Waals surface area contributed by atoms with Crippen LogP contribution < -0.4 is 0 Å². The maximum atomic E-state index is 8.93. The minimum absolute atomic E-state index is 0.310. The second kappa shape index (κ2) is 3.55. The van der Waals surface area contributed by atoms with E-state index in [9.17, 15) is 0 Å². The van der Waals surface area contributed by atoms with Crippen molar-refractivity contribution >= 4 is 0 Å². The predicted molar refractivity (Wildman–Crippen MR) is 46.5 cm³/mol. The average molecular weight is 157 g/mol. The van der Waals surface area contributed by atoms with Gasteiger partial charge < -0.3 is 5.11 Å². The highest BCUT2D eigenvalue weighted by atomic mass is 16.3. The van der Waals surface area contributed by atoms with Crippen molar-refractivity contribution in [3.63, 3.8) is 0 Å². The Morgan fingerprint density at radius 3 is 2.45 bits per heavy atom. The van der Waals surface area contributed by atoms with Crippen LogP contribution in [0.15, 0.2) is 0 Å². The van der Waals surface area contributed by atoms with E-state index < -0.39 is 0 Å². The maximum absolute atomic E-state index is 8.93. The fraction of sp³-hybridized carbons (Fsp3) is 1.00. The fourth-order valence-corrected chi connectivity index (χ4v) is 1.62. The van der Waals surface area contributed by atoms with Crippen LogP contribution in [0.3, 0.4) is 0 Å². The van der Waals surface area contributed by atoms with Crippen LogP contribution in [-0.4, -0.2) is 35.2 Å². The van der Waals surface area contributed by atoms with Gasteiger partial charge >= 0.3 is 0 Å². The summed E-state index contributed by atoms with van der Waals surface area (Å²) >= 11 is 0. The number of likely N-dealkylation sites (tertiary alicyclic amines) is 1. The van der Waals surface area contributed by atoms with Gasteiger partial charge in [-0.15, -0.1) is 0 Å². The molecule has 1 aliphatic rings. The molecule has 0 radical (unpaired) electrons. The van der Waals surface area contributed by atoms with Crippen LogP contribution in [0.1, 0.15) is 27.2 Å². The van der Waals surface area contributed by atoms with Gasteiger partial charge in [0.1, 0.15) is 0 Å². The van der Waals surface area contributed by atoms with Crippen LogP contribution in [0.4, 0.5) is 0 Å². The molecule has 11 heavy (non-hydrogen) atoms. The van der Waals surface area contributed by atoms with E-state index in [1.807, 2.05) is 0 Å². The third-order valence-corrected chi connectivity index (χ3v) is 3.01. The Morgan fingerprint density at radius 1 is 1.55 bits per heavy atom. The lowest BCUT2D eigenvalue weighted by atomic mass is 9.95. The molecule has 3 atom stereocenters. The second-order valence-corrected chi connectivity index (χ2v) is 3.78. The van der Waals surface area contributed by atoms with Gasteiger partial charge in [-0.05, 0) is 26.2 Å². The average Bonchev–Trinajstić information content (AvgIpc) is 2.00. The molecule has 2 nitrogen and oxygen atoms in total. The first kappa shape index (κ1) is 9.01. The quantitative estimate of drug-likeness (QED) is 0.663. The summed E-state index contributed by atoms with van der Waals surface area (Å²) in [4.78, 5) is 2.46. The first-order valence-corrected chi connectivity index (χ1v) is 4.53. The molecule has 1 rings (SSSR count). The van der Waals surface area contributed by atoms with Crippen LogP contribution in [0, 0.1) is 5.92 Å². The van der Waals surface area contributed by atoms with Crippen LogP contribution >= 0.6 is 0 Å². The Labute approximate surface area is 69.2 Å². The summed E-state index contributed by atoms with van der Waals surface area (Å²) < 4.78 is 0. The van der Waals surface area contributed by atoms with Crippen molar-refractivity contribution in [2.75, 3.05) is 13.2 Å². The molecule has 2 heteroatoms. The Bertz CT molecular complexity index is 127. The van der Waals surface area contributed by atoms with E-state index in [1.54, 1.807) is 0 Å². The van der Waals surface area contributed by atoms with Gasteiger partial charge in [-0.1, -0.05) is 6.92 Å². The molecule has 0 aromatic carbocycles. The topological polar surface area (TPSA) is 23.5 Å². The zero-order valence-electron chi connectivity index (χ0n) is 7.75. The number of aliphatic hydroxyl groups excluding tert-OH is 1. The molecule has 0 amide bonds. The lowest BCUT2D eigenvalue weighted by molar-refractivity contribution is 0.0214. The summed E-state index contributed by atoms with van der Waals surface area (Å²) in [7, 11) is 0. The van der Waals surface area contributed by atoms with E-state index in [1.165, 1.54) is 13.0 Å². The molecule has 0 bridgehead atoms. The van der Waals surface area contributed by atoms with E-state index in [2.05, 4.69) is 25.7 Å².